The molecule has 2 rings (SSSR count). The summed E-state index contributed by atoms with van der Waals surface area (Å²) in [7, 11) is -4.20. The van der Waals surface area contributed by atoms with Crippen LogP contribution in [-0.4, -0.2) is 14.1 Å². The molecule has 1 aromatic carbocycles. The number of nitrogens with zero attached hydrogens (tertiary/aromatic N) is 1. The van der Waals surface area contributed by atoms with Crippen LogP contribution >= 0.6 is 7.75 Å². The number of benzene rings is 1. The lowest BCUT2D eigenvalue weighted by Gasteiger charge is -2.05. The van der Waals surface area contributed by atoms with Gasteiger partial charge in [-0.05, 0) is 12.1 Å². The SMILES string of the molecule is O=P(O)(O)n1ccc2ccccc21. The zero-order valence-corrected chi connectivity index (χ0v) is 7.56. The third-order valence-corrected chi connectivity index (χ3v) is 2.77. The van der Waals surface area contributed by atoms with Crippen LogP contribution in [0.1, 0.15) is 0 Å². The molecule has 0 saturated carbocycles. The zero-order valence-electron chi connectivity index (χ0n) is 6.66. The third kappa shape index (κ3) is 1.40. The van der Waals surface area contributed by atoms with Crippen LogP contribution in [0.4, 0.5) is 0 Å². The van der Waals surface area contributed by atoms with Gasteiger partial charge in [0, 0.05) is 11.6 Å². The molecule has 4 nitrogen and oxygen atoms in total. The second kappa shape index (κ2) is 2.70. The van der Waals surface area contributed by atoms with Gasteiger partial charge < -0.3 is 9.79 Å². The first-order chi connectivity index (χ1) is 6.09. The Morgan fingerprint density at radius 1 is 1.15 bits per heavy atom. The number of fused-ring (bicyclic) bond motifs is 1. The molecule has 0 atom stereocenters. The van der Waals surface area contributed by atoms with E-state index in [0.29, 0.717) is 5.52 Å². The topological polar surface area (TPSA) is 62.5 Å². The van der Waals surface area contributed by atoms with Crippen molar-refractivity contribution in [1.29, 1.82) is 0 Å². The van der Waals surface area contributed by atoms with Crippen molar-refractivity contribution in [2.75, 3.05) is 0 Å². The summed E-state index contributed by atoms with van der Waals surface area (Å²) in [6, 6.07) is 8.73. The van der Waals surface area contributed by atoms with Gasteiger partial charge in [0.15, 0.2) is 0 Å². The van der Waals surface area contributed by atoms with Crippen molar-refractivity contribution in [2.24, 2.45) is 0 Å². The van der Waals surface area contributed by atoms with E-state index in [4.69, 9.17) is 9.79 Å². The predicted octanol–water partition coefficient (Wildman–Crippen LogP) is 1.58. The molecule has 0 aliphatic carbocycles. The Kier molecular flexibility index (Phi) is 1.77. The molecule has 2 aromatic rings. The smallest absolute Gasteiger partial charge is 0.308 e. The molecule has 0 aliphatic heterocycles. The summed E-state index contributed by atoms with van der Waals surface area (Å²) in [4.78, 5) is 17.9. The van der Waals surface area contributed by atoms with Gasteiger partial charge in [0.05, 0.1) is 5.52 Å². The normalized spacial score (nSPS) is 12.2. The summed E-state index contributed by atoms with van der Waals surface area (Å²) in [5.41, 5.74) is 0.552. The lowest BCUT2D eigenvalue weighted by molar-refractivity contribution is 0.363. The molecule has 2 N–H and O–H groups in total. The van der Waals surface area contributed by atoms with Crippen molar-refractivity contribution in [3.8, 4) is 0 Å². The summed E-state index contributed by atoms with van der Waals surface area (Å²) in [6.07, 6.45) is 1.39. The van der Waals surface area contributed by atoms with Crippen molar-refractivity contribution in [1.82, 2.24) is 4.34 Å². The second-order valence-electron chi connectivity index (χ2n) is 2.73. The van der Waals surface area contributed by atoms with Crippen molar-refractivity contribution in [3.63, 3.8) is 0 Å². The fraction of sp³-hybridized carbons (Fsp3) is 0. The van der Waals surface area contributed by atoms with E-state index in [1.165, 1.54) is 6.20 Å². The molecule has 13 heavy (non-hydrogen) atoms. The van der Waals surface area contributed by atoms with Gasteiger partial charge in [0.25, 0.3) is 0 Å². The highest BCUT2D eigenvalue weighted by atomic mass is 31.2. The van der Waals surface area contributed by atoms with E-state index in [0.717, 1.165) is 9.72 Å². The number of para-hydroxylation sites is 1. The molecule has 0 spiro atoms. The fourth-order valence-electron chi connectivity index (χ4n) is 1.30. The molecule has 0 bridgehead atoms. The van der Waals surface area contributed by atoms with Crippen molar-refractivity contribution >= 4 is 18.6 Å². The summed E-state index contributed by atoms with van der Waals surface area (Å²) in [5, 5.41) is 0.825. The third-order valence-electron chi connectivity index (χ3n) is 1.86. The maximum absolute atomic E-state index is 11.0. The molecule has 0 fully saturated rings. The standard InChI is InChI=1S/C8H8NO3P/c10-13(11,12)9-6-5-7-3-1-2-4-8(7)9/h1-6H,(H2,10,11,12). The first-order valence-electron chi connectivity index (χ1n) is 3.71. The highest BCUT2D eigenvalue weighted by Crippen LogP contribution is 2.40. The lowest BCUT2D eigenvalue weighted by Crippen LogP contribution is -1.91. The molecule has 0 amide bonds. The molecule has 68 valence electrons. The van der Waals surface area contributed by atoms with Crippen LogP contribution in [0.5, 0.6) is 0 Å². The van der Waals surface area contributed by atoms with E-state index in [2.05, 4.69) is 0 Å². The largest absolute Gasteiger partial charge is 0.434 e. The van der Waals surface area contributed by atoms with E-state index in [-0.39, 0.29) is 0 Å². The van der Waals surface area contributed by atoms with Gasteiger partial charge in [0.1, 0.15) is 0 Å². The Hall–Kier alpha value is -1.09. The molecule has 0 unspecified atom stereocenters. The van der Waals surface area contributed by atoms with E-state index < -0.39 is 7.75 Å². The Balaban J connectivity index is 2.79. The number of aromatic nitrogens is 1. The van der Waals surface area contributed by atoms with E-state index >= 15 is 0 Å². The van der Waals surface area contributed by atoms with Crippen LogP contribution in [0.25, 0.3) is 10.9 Å². The maximum Gasteiger partial charge on any atom is 0.434 e. The fourth-order valence-corrected chi connectivity index (χ4v) is 2.00. The van der Waals surface area contributed by atoms with Gasteiger partial charge in [-0.15, -0.1) is 0 Å². The van der Waals surface area contributed by atoms with Gasteiger partial charge in [-0.2, -0.15) is 0 Å². The number of hydrogen-bond donors (Lipinski definition) is 2. The lowest BCUT2D eigenvalue weighted by atomic mass is 10.3. The first kappa shape index (κ1) is 8.51. The van der Waals surface area contributed by atoms with Crippen LogP contribution in [0.3, 0.4) is 0 Å². The predicted molar refractivity (Wildman–Crippen MR) is 49.4 cm³/mol. The highest BCUT2D eigenvalue weighted by Gasteiger charge is 2.17. The van der Waals surface area contributed by atoms with Crippen LogP contribution in [-0.2, 0) is 4.57 Å². The van der Waals surface area contributed by atoms with E-state index in [1.54, 1.807) is 18.2 Å². The highest BCUT2D eigenvalue weighted by molar-refractivity contribution is 7.50. The minimum atomic E-state index is -4.20. The van der Waals surface area contributed by atoms with Crippen molar-refractivity contribution in [3.05, 3.63) is 36.5 Å². The van der Waals surface area contributed by atoms with Crippen LogP contribution in [0.15, 0.2) is 36.5 Å². The van der Waals surface area contributed by atoms with Crippen LogP contribution < -0.4 is 0 Å². The van der Waals surface area contributed by atoms with Gasteiger partial charge in [0.2, 0.25) is 0 Å². The summed E-state index contributed by atoms with van der Waals surface area (Å²) in [5.74, 6) is 0. The summed E-state index contributed by atoms with van der Waals surface area (Å²) >= 11 is 0. The van der Waals surface area contributed by atoms with Gasteiger partial charge >= 0.3 is 7.75 Å². The average molecular weight is 197 g/mol. The van der Waals surface area contributed by atoms with E-state index in [9.17, 15) is 4.57 Å². The molecular formula is C8H8NO3P. The molecule has 5 heteroatoms. The van der Waals surface area contributed by atoms with Crippen molar-refractivity contribution in [2.45, 2.75) is 0 Å². The summed E-state index contributed by atoms with van der Waals surface area (Å²) in [6.45, 7) is 0. The Labute approximate surface area is 74.6 Å². The average Bonchev–Trinajstić information content (AvgIpc) is 2.45. The molecular weight excluding hydrogens is 189 g/mol. The Morgan fingerprint density at radius 3 is 2.54 bits per heavy atom. The minimum absolute atomic E-state index is 0.552. The van der Waals surface area contributed by atoms with Gasteiger partial charge in [-0.1, -0.05) is 18.2 Å². The Bertz CT molecular complexity index is 485. The summed E-state index contributed by atoms with van der Waals surface area (Å²) < 4.78 is 11.9. The zero-order chi connectivity index (χ0) is 9.47. The molecule has 0 saturated heterocycles. The maximum atomic E-state index is 11.0. The first-order valence-corrected chi connectivity index (χ1v) is 5.28. The van der Waals surface area contributed by atoms with E-state index in [1.807, 2.05) is 12.1 Å². The molecule has 0 aliphatic rings. The second-order valence-corrected chi connectivity index (χ2v) is 4.19. The van der Waals surface area contributed by atoms with Gasteiger partial charge in [-0.25, -0.2) is 4.57 Å². The Morgan fingerprint density at radius 2 is 1.85 bits per heavy atom. The van der Waals surface area contributed by atoms with Crippen LogP contribution in [0.2, 0.25) is 0 Å². The molecule has 1 heterocycles. The van der Waals surface area contributed by atoms with Crippen LogP contribution in [0, 0.1) is 0 Å². The van der Waals surface area contributed by atoms with Crippen molar-refractivity contribution < 1.29 is 14.4 Å². The minimum Gasteiger partial charge on any atom is -0.308 e. The monoisotopic (exact) mass is 197 g/mol. The number of rotatable bonds is 1. The molecule has 0 radical (unpaired) electrons. The quantitative estimate of drug-likeness (QED) is 0.682. The number of hydrogen-bond acceptors (Lipinski definition) is 1. The molecule has 1 aromatic heterocycles. The van der Waals surface area contributed by atoms with Gasteiger partial charge in [-0.3, -0.25) is 4.34 Å².